The van der Waals surface area contributed by atoms with Crippen LogP contribution in [0.1, 0.15) is 62.1 Å². The van der Waals surface area contributed by atoms with Crippen LogP contribution < -0.4 is 16.2 Å². The molecular weight excluding hydrogens is 660 g/mol. The number of carboxylic acids is 1. The number of amides is 1. The number of carbonyl (C=O) groups excluding carboxylic acids is 1. The van der Waals surface area contributed by atoms with E-state index < -0.39 is 115 Å². The third-order valence-corrected chi connectivity index (χ3v) is 10.7. The Kier molecular flexibility index (Phi) is 10.8. The van der Waals surface area contributed by atoms with Crippen LogP contribution in [-0.4, -0.2) is 89.4 Å². The molecule has 9 nitrogen and oxygen atoms in total. The van der Waals surface area contributed by atoms with E-state index in [2.05, 4.69) is 10.6 Å². The number of pyridine rings is 1. The Morgan fingerprint density at radius 1 is 1.08 bits per heavy atom. The largest absolute Gasteiger partial charge is 0.480 e. The molecule has 0 spiro atoms. The molecule has 17 heteroatoms. The van der Waals surface area contributed by atoms with E-state index >= 15 is 8.78 Å². The molecule has 1 aromatic rings. The summed E-state index contributed by atoms with van der Waals surface area (Å²) < 4.78 is 120. The summed E-state index contributed by atoms with van der Waals surface area (Å²) in [5, 5.41) is 15.3. The number of fused-ring (bicyclic) bond motifs is 1. The second-order valence-electron chi connectivity index (χ2n) is 13.5. The third kappa shape index (κ3) is 7.52. The van der Waals surface area contributed by atoms with Crippen LogP contribution in [0.3, 0.4) is 0 Å². The van der Waals surface area contributed by atoms with Crippen molar-refractivity contribution in [3.8, 4) is 0 Å². The summed E-state index contributed by atoms with van der Waals surface area (Å²) in [6, 6.07) is -4.85. The molecule has 2 aliphatic carbocycles. The minimum atomic E-state index is -4.78. The van der Waals surface area contributed by atoms with Crippen molar-refractivity contribution >= 4 is 11.9 Å². The molecule has 5 rings (SSSR count). The Labute approximate surface area is 271 Å². The second-order valence-corrected chi connectivity index (χ2v) is 13.5. The summed E-state index contributed by atoms with van der Waals surface area (Å²) in [6.07, 6.45) is -12.1. The molecule has 0 radical (unpaired) electrons. The highest BCUT2D eigenvalue weighted by molar-refractivity contribution is 5.85. The predicted molar refractivity (Wildman–Crippen MR) is 154 cm³/mol. The van der Waals surface area contributed by atoms with E-state index in [9.17, 15) is 45.8 Å². The number of alkyl halides is 8. The van der Waals surface area contributed by atoms with Gasteiger partial charge in [-0.25, -0.2) is 13.6 Å². The molecule has 270 valence electrons. The topological polar surface area (TPSA) is 113 Å². The standard InChI is InChI=1S/C31H40F8N4O5/c1-42-8-6-19(30(34,35)36)24(28(42)45)26-18-4-2-3-15(17(18)5-7-40-26)11-22(29(46)47)41-27(44)25-20(32)12-16(13-21(25)33)43-9-10-48-14-23(43)31(37,38)39/h6,8,15-18,20-23,25-26,40H,2-5,7,9-14H2,1H3,(H,41,44)(H,46,47)/t15?,16?,17?,18?,20?,21?,22-,23+,25?,26?/m0/s1. The SMILES string of the molecule is Cn1ccc(C(F)(F)F)c(C2NCCC3C(C[C@H](NC(=O)C4C(F)CC(N5CCOC[C@@H]5C(F)(F)F)CC4F)C(=O)O)CCCC23)c1=O. The first-order valence-corrected chi connectivity index (χ1v) is 16.2. The van der Waals surface area contributed by atoms with Gasteiger partial charge >= 0.3 is 18.3 Å². The van der Waals surface area contributed by atoms with E-state index in [0.717, 1.165) is 21.7 Å². The summed E-state index contributed by atoms with van der Waals surface area (Å²) in [6.45, 7) is -0.658. The number of ether oxygens (including phenoxy) is 1. The minimum Gasteiger partial charge on any atom is -0.480 e. The fourth-order valence-electron chi connectivity index (χ4n) is 8.48. The van der Waals surface area contributed by atoms with Crippen molar-refractivity contribution in [2.24, 2.45) is 30.7 Å². The van der Waals surface area contributed by atoms with Crippen molar-refractivity contribution in [2.45, 2.75) is 93.8 Å². The number of carboxylic acid groups (broad SMARTS) is 1. The Bertz CT molecular complexity index is 1380. The Morgan fingerprint density at radius 2 is 1.77 bits per heavy atom. The first kappa shape index (κ1) is 36.5. The second kappa shape index (κ2) is 14.2. The quantitative estimate of drug-likeness (QED) is 0.367. The zero-order valence-electron chi connectivity index (χ0n) is 26.2. The third-order valence-electron chi connectivity index (χ3n) is 10.7. The number of hydrogen-bond acceptors (Lipinski definition) is 6. The molecule has 1 aromatic heterocycles. The van der Waals surface area contributed by atoms with E-state index in [1.165, 1.54) is 7.05 Å². The number of nitrogens with zero attached hydrogens (tertiary/aromatic N) is 2. The van der Waals surface area contributed by atoms with E-state index in [1.807, 2.05) is 0 Å². The number of aliphatic carboxylic acids is 1. The lowest BCUT2D eigenvalue weighted by Crippen LogP contribution is -2.61. The molecule has 48 heavy (non-hydrogen) atoms. The number of nitrogens with one attached hydrogen (secondary N) is 2. The average molecular weight is 701 g/mol. The van der Waals surface area contributed by atoms with Gasteiger partial charge in [-0.05, 0) is 62.5 Å². The highest BCUT2D eigenvalue weighted by Crippen LogP contribution is 2.48. The molecule has 0 bridgehead atoms. The Balaban J connectivity index is 1.29. The molecule has 8 atom stereocenters. The molecule has 4 aliphatic rings. The zero-order chi connectivity index (χ0) is 35.1. The van der Waals surface area contributed by atoms with Crippen molar-refractivity contribution in [2.75, 3.05) is 26.3 Å². The Morgan fingerprint density at radius 3 is 2.40 bits per heavy atom. The van der Waals surface area contributed by atoms with Gasteiger partial charge in [-0.15, -0.1) is 0 Å². The van der Waals surface area contributed by atoms with Gasteiger partial charge in [-0.2, -0.15) is 26.3 Å². The summed E-state index contributed by atoms with van der Waals surface area (Å²) in [5.74, 6) is -5.73. The van der Waals surface area contributed by atoms with Crippen LogP contribution in [0.4, 0.5) is 35.1 Å². The normalized spacial score (nSPS) is 34.2. The number of halogens is 8. The molecule has 2 aliphatic heterocycles. The van der Waals surface area contributed by atoms with Gasteiger partial charge in [0.2, 0.25) is 5.91 Å². The van der Waals surface area contributed by atoms with Crippen LogP contribution in [0, 0.1) is 23.7 Å². The fourth-order valence-corrected chi connectivity index (χ4v) is 8.48. The first-order valence-electron chi connectivity index (χ1n) is 16.2. The molecular formula is C31H40F8N4O5. The maximum absolute atomic E-state index is 15.4. The van der Waals surface area contributed by atoms with Crippen LogP contribution in [0.25, 0.3) is 0 Å². The van der Waals surface area contributed by atoms with E-state index in [1.54, 1.807) is 0 Å². The van der Waals surface area contributed by atoms with Crippen molar-refractivity contribution in [1.82, 2.24) is 20.1 Å². The van der Waals surface area contributed by atoms with Crippen molar-refractivity contribution in [3.05, 3.63) is 33.7 Å². The lowest BCUT2D eigenvalue weighted by Gasteiger charge is -2.47. The van der Waals surface area contributed by atoms with Crippen LogP contribution in [-0.2, 0) is 27.5 Å². The molecule has 3 N–H and O–H groups in total. The highest BCUT2D eigenvalue weighted by atomic mass is 19.4. The van der Waals surface area contributed by atoms with E-state index in [4.69, 9.17) is 4.74 Å². The molecule has 4 fully saturated rings. The number of morpholine rings is 1. The summed E-state index contributed by atoms with van der Waals surface area (Å²) in [4.78, 5) is 39.5. The van der Waals surface area contributed by atoms with E-state index in [0.29, 0.717) is 25.7 Å². The van der Waals surface area contributed by atoms with Crippen molar-refractivity contribution < 1.29 is 54.6 Å². The van der Waals surface area contributed by atoms with Gasteiger partial charge in [-0.3, -0.25) is 14.5 Å². The fraction of sp³-hybridized carbons (Fsp3) is 0.774. The summed E-state index contributed by atoms with van der Waals surface area (Å²) in [7, 11) is 1.36. The van der Waals surface area contributed by atoms with Crippen LogP contribution in [0.15, 0.2) is 17.1 Å². The number of carbonyl (C=O) groups is 2. The number of rotatable bonds is 7. The van der Waals surface area contributed by atoms with Crippen LogP contribution >= 0.6 is 0 Å². The maximum atomic E-state index is 15.4. The van der Waals surface area contributed by atoms with Crippen LogP contribution in [0.2, 0.25) is 0 Å². The summed E-state index contributed by atoms with van der Waals surface area (Å²) >= 11 is 0. The smallest absolute Gasteiger partial charge is 0.416 e. The van der Waals surface area contributed by atoms with Gasteiger partial charge in [-0.1, -0.05) is 12.8 Å². The van der Waals surface area contributed by atoms with Gasteiger partial charge < -0.3 is 25.0 Å². The molecule has 6 unspecified atom stereocenters. The lowest BCUT2D eigenvalue weighted by atomic mass is 9.63. The van der Waals surface area contributed by atoms with Gasteiger partial charge in [0.1, 0.15) is 30.3 Å². The van der Waals surface area contributed by atoms with Gasteiger partial charge in [0.25, 0.3) is 5.56 Å². The molecule has 2 saturated carbocycles. The minimum absolute atomic E-state index is 0.0491. The van der Waals surface area contributed by atoms with Gasteiger partial charge in [0.15, 0.2) is 0 Å². The molecule has 1 amide bonds. The highest BCUT2D eigenvalue weighted by Gasteiger charge is 2.52. The first-order chi connectivity index (χ1) is 22.5. The van der Waals surface area contributed by atoms with Gasteiger partial charge in [0, 0.05) is 37.4 Å². The lowest BCUT2D eigenvalue weighted by molar-refractivity contribution is -0.223. The number of piperidine rings is 1. The van der Waals surface area contributed by atoms with E-state index in [-0.39, 0.29) is 32.0 Å². The number of aromatic nitrogens is 1. The predicted octanol–water partition coefficient (Wildman–Crippen LogP) is 4.15. The maximum Gasteiger partial charge on any atom is 0.416 e. The number of aryl methyl sites for hydroxylation is 1. The Hall–Kier alpha value is -2.79. The molecule has 2 saturated heterocycles. The van der Waals surface area contributed by atoms with Crippen LogP contribution in [0.5, 0.6) is 0 Å². The zero-order valence-corrected chi connectivity index (χ0v) is 26.2. The summed E-state index contributed by atoms with van der Waals surface area (Å²) in [5.41, 5.74) is -2.23. The molecule has 3 heterocycles. The van der Waals surface area contributed by atoms with Crippen molar-refractivity contribution in [3.63, 3.8) is 0 Å². The van der Waals surface area contributed by atoms with Crippen molar-refractivity contribution in [1.29, 1.82) is 0 Å². The average Bonchev–Trinajstić information content (AvgIpc) is 3.00. The monoisotopic (exact) mass is 700 g/mol. The number of hydrogen-bond donors (Lipinski definition) is 3. The van der Waals surface area contributed by atoms with Gasteiger partial charge in [0.05, 0.1) is 18.8 Å². The molecule has 0 aromatic carbocycles.